The van der Waals surface area contributed by atoms with Gasteiger partial charge in [0, 0.05) is 19.7 Å². The maximum Gasteiger partial charge on any atom is 0.242 e. The molecule has 4 nitrogen and oxygen atoms in total. The molecule has 1 atom stereocenters. The molecule has 2 N–H and O–H groups in total. The summed E-state index contributed by atoms with van der Waals surface area (Å²) in [4.78, 5) is 13.7. The molecule has 1 saturated heterocycles. The molecule has 1 heterocycles. The number of carbonyl (C=O) groups excluding carboxylic acids is 1. The number of anilines is 1. The summed E-state index contributed by atoms with van der Waals surface area (Å²) in [5.74, 6) is -0.486. The van der Waals surface area contributed by atoms with E-state index in [9.17, 15) is 9.18 Å². The fourth-order valence-corrected chi connectivity index (χ4v) is 2.26. The molecule has 0 aromatic heterocycles. The number of hydrogen-bond acceptors (Lipinski definition) is 3. The van der Waals surface area contributed by atoms with Gasteiger partial charge in [-0.05, 0) is 25.0 Å². The summed E-state index contributed by atoms with van der Waals surface area (Å²) >= 11 is 0. The molecule has 0 radical (unpaired) electrons. The van der Waals surface area contributed by atoms with E-state index in [-0.39, 0.29) is 18.3 Å². The van der Waals surface area contributed by atoms with Gasteiger partial charge >= 0.3 is 0 Å². The van der Waals surface area contributed by atoms with Crippen molar-refractivity contribution in [3.05, 3.63) is 30.1 Å². The van der Waals surface area contributed by atoms with Crippen LogP contribution in [0.4, 0.5) is 10.1 Å². The van der Waals surface area contributed by atoms with E-state index in [1.807, 2.05) is 0 Å². The molecule has 1 unspecified atom stereocenters. The van der Waals surface area contributed by atoms with Crippen molar-refractivity contribution in [1.29, 1.82) is 0 Å². The van der Waals surface area contributed by atoms with Crippen molar-refractivity contribution in [2.45, 2.75) is 18.9 Å². The monoisotopic (exact) mass is 252 g/mol. The number of halogens is 1. The van der Waals surface area contributed by atoms with Gasteiger partial charge in [-0.1, -0.05) is 12.1 Å². The summed E-state index contributed by atoms with van der Waals surface area (Å²) in [5.41, 5.74) is 0.424. The Morgan fingerprint density at radius 1 is 1.44 bits per heavy atom. The van der Waals surface area contributed by atoms with E-state index in [0.29, 0.717) is 25.2 Å². The van der Waals surface area contributed by atoms with Gasteiger partial charge in [0.25, 0.3) is 0 Å². The summed E-state index contributed by atoms with van der Waals surface area (Å²) in [6.07, 6.45) is 1.07. The SMILES string of the molecule is O=C1NCCCN(c2ccccc2F)C1CCO. The lowest BCUT2D eigenvalue weighted by atomic mass is 10.1. The van der Waals surface area contributed by atoms with Gasteiger partial charge in [-0.15, -0.1) is 0 Å². The summed E-state index contributed by atoms with van der Waals surface area (Å²) < 4.78 is 13.8. The predicted molar refractivity (Wildman–Crippen MR) is 66.9 cm³/mol. The Hall–Kier alpha value is -1.62. The van der Waals surface area contributed by atoms with E-state index in [1.54, 1.807) is 23.1 Å². The van der Waals surface area contributed by atoms with Crippen LogP contribution >= 0.6 is 0 Å². The zero-order chi connectivity index (χ0) is 13.0. The molecule has 1 aliphatic rings. The number of aliphatic hydroxyl groups excluding tert-OH is 1. The van der Waals surface area contributed by atoms with E-state index in [1.165, 1.54) is 6.07 Å². The molecule has 1 aromatic carbocycles. The third-order valence-corrected chi connectivity index (χ3v) is 3.12. The van der Waals surface area contributed by atoms with Crippen LogP contribution in [-0.2, 0) is 4.79 Å². The average molecular weight is 252 g/mol. The fourth-order valence-electron chi connectivity index (χ4n) is 2.26. The van der Waals surface area contributed by atoms with E-state index in [4.69, 9.17) is 5.11 Å². The highest BCUT2D eigenvalue weighted by Crippen LogP contribution is 2.23. The van der Waals surface area contributed by atoms with E-state index in [0.717, 1.165) is 6.42 Å². The lowest BCUT2D eigenvalue weighted by Gasteiger charge is -2.30. The number of benzene rings is 1. The number of rotatable bonds is 3. The van der Waals surface area contributed by atoms with Crippen molar-refractivity contribution in [3.63, 3.8) is 0 Å². The quantitative estimate of drug-likeness (QED) is 0.840. The third kappa shape index (κ3) is 2.61. The maximum absolute atomic E-state index is 13.8. The molecular weight excluding hydrogens is 235 g/mol. The fraction of sp³-hybridized carbons (Fsp3) is 0.462. The summed E-state index contributed by atoms with van der Waals surface area (Å²) in [7, 11) is 0. The highest BCUT2D eigenvalue weighted by molar-refractivity contribution is 5.85. The van der Waals surface area contributed by atoms with Crippen LogP contribution in [0.1, 0.15) is 12.8 Å². The molecule has 98 valence electrons. The van der Waals surface area contributed by atoms with E-state index < -0.39 is 6.04 Å². The minimum absolute atomic E-state index is 0.0942. The van der Waals surface area contributed by atoms with Crippen LogP contribution < -0.4 is 10.2 Å². The third-order valence-electron chi connectivity index (χ3n) is 3.12. The van der Waals surface area contributed by atoms with Gasteiger partial charge in [-0.25, -0.2) is 4.39 Å². The van der Waals surface area contributed by atoms with E-state index in [2.05, 4.69) is 5.32 Å². The molecule has 0 bridgehead atoms. The maximum atomic E-state index is 13.8. The highest BCUT2D eigenvalue weighted by Gasteiger charge is 2.28. The zero-order valence-electron chi connectivity index (χ0n) is 10.1. The van der Waals surface area contributed by atoms with Crippen molar-refractivity contribution in [2.75, 3.05) is 24.6 Å². The van der Waals surface area contributed by atoms with Crippen molar-refractivity contribution < 1.29 is 14.3 Å². The van der Waals surface area contributed by atoms with Crippen LogP contribution in [0.15, 0.2) is 24.3 Å². The minimum atomic E-state index is -0.505. The molecule has 0 spiro atoms. The lowest BCUT2D eigenvalue weighted by Crippen LogP contribution is -2.45. The van der Waals surface area contributed by atoms with Crippen molar-refractivity contribution in [1.82, 2.24) is 5.32 Å². The van der Waals surface area contributed by atoms with Gasteiger partial charge in [0.15, 0.2) is 0 Å². The second-order valence-corrected chi connectivity index (χ2v) is 4.32. The molecule has 0 aliphatic carbocycles. The highest BCUT2D eigenvalue weighted by atomic mass is 19.1. The molecular formula is C13H17FN2O2. The molecule has 5 heteroatoms. The molecule has 1 amide bonds. The van der Waals surface area contributed by atoms with Crippen molar-refractivity contribution in [3.8, 4) is 0 Å². The Bertz CT molecular complexity index is 425. The minimum Gasteiger partial charge on any atom is -0.396 e. The molecule has 18 heavy (non-hydrogen) atoms. The Morgan fingerprint density at radius 3 is 2.94 bits per heavy atom. The van der Waals surface area contributed by atoms with Crippen molar-refractivity contribution in [2.24, 2.45) is 0 Å². The second kappa shape index (κ2) is 5.82. The Morgan fingerprint density at radius 2 is 2.22 bits per heavy atom. The smallest absolute Gasteiger partial charge is 0.242 e. The van der Waals surface area contributed by atoms with Crippen LogP contribution in [0.2, 0.25) is 0 Å². The van der Waals surface area contributed by atoms with E-state index >= 15 is 0 Å². The Labute approximate surface area is 105 Å². The summed E-state index contributed by atoms with van der Waals surface area (Å²) in [6, 6.07) is 5.91. The average Bonchev–Trinajstić information content (AvgIpc) is 2.54. The van der Waals surface area contributed by atoms with Crippen LogP contribution in [0.5, 0.6) is 0 Å². The number of aliphatic hydroxyl groups is 1. The number of carbonyl (C=O) groups is 1. The number of para-hydroxylation sites is 1. The zero-order valence-corrected chi connectivity index (χ0v) is 10.1. The first kappa shape index (κ1) is 12.8. The molecule has 1 fully saturated rings. The number of nitrogens with zero attached hydrogens (tertiary/aromatic N) is 1. The second-order valence-electron chi connectivity index (χ2n) is 4.32. The van der Waals surface area contributed by atoms with Gasteiger partial charge in [-0.2, -0.15) is 0 Å². The normalized spacial score (nSPS) is 20.4. The lowest BCUT2D eigenvalue weighted by molar-refractivity contribution is -0.122. The molecule has 1 aromatic rings. The molecule has 0 saturated carbocycles. The summed E-state index contributed by atoms with van der Waals surface area (Å²) in [5, 5.41) is 11.8. The van der Waals surface area contributed by atoms with Crippen LogP contribution in [-0.4, -0.2) is 36.8 Å². The Kier molecular flexibility index (Phi) is 4.15. The van der Waals surface area contributed by atoms with Crippen LogP contribution in [0.25, 0.3) is 0 Å². The van der Waals surface area contributed by atoms with Gasteiger partial charge in [0.2, 0.25) is 5.91 Å². The Balaban J connectivity index is 2.32. The van der Waals surface area contributed by atoms with Gasteiger partial charge in [0.05, 0.1) is 5.69 Å². The first-order chi connectivity index (χ1) is 8.74. The van der Waals surface area contributed by atoms with Crippen LogP contribution in [0, 0.1) is 5.82 Å². The molecule has 1 aliphatic heterocycles. The number of amides is 1. The van der Waals surface area contributed by atoms with Crippen LogP contribution in [0.3, 0.4) is 0 Å². The predicted octanol–water partition coefficient (Wildman–Crippen LogP) is 0.903. The first-order valence-electron chi connectivity index (χ1n) is 6.14. The van der Waals surface area contributed by atoms with Crippen molar-refractivity contribution >= 4 is 11.6 Å². The largest absolute Gasteiger partial charge is 0.396 e. The van der Waals surface area contributed by atoms with Gasteiger partial charge in [0.1, 0.15) is 11.9 Å². The summed E-state index contributed by atoms with van der Waals surface area (Å²) in [6.45, 7) is 1.10. The topological polar surface area (TPSA) is 52.6 Å². The molecule has 2 rings (SSSR count). The standard InChI is InChI=1S/C13H17FN2O2/c14-10-4-1-2-5-11(10)16-8-3-7-15-13(18)12(16)6-9-17/h1-2,4-5,12,17H,3,6-9H2,(H,15,18). The number of nitrogens with one attached hydrogen (secondary N) is 1. The first-order valence-corrected chi connectivity index (χ1v) is 6.14. The number of hydrogen-bond donors (Lipinski definition) is 2. The van der Waals surface area contributed by atoms with Gasteiger partial charge < -0.3 is 15.3 Å². The van der Waals surface area contributed by atoms with Gasteiger partial charge in [-0.3, -0.25) is 4.79 Å².